The zero-order chi connectivity index (χ0) is 17.3. The third kappa shape index (κ3) is 3.42. The quantitative estimate of drug-likeness (QED) is 0.700. The van der Waals surface area contributed by atoms with Gasteiger partial charge in [-0.05, 0) is 58.6 Å². The van der Waals surface area contributed by atoms with E-state index in [2.05, 4.69) is 54.9 Å². The van der Waals surface area contributed by atoms with Crippen molar-refractivity contribution in [3.05, 3.63) is 64.5 Å². The summed E-state index contributed by atoms with van der Waals surface area (Å²) >= 11 is 3.51. The number of ether oxygens (including phenoxy) is 1. The van der Waals surface area contributed by atoms with Crippen molar-refractivity contribution in [3.8, 4) is 0 Å². The molecular weight excluding hydrogens is 380 g/mol. The highest BCUT2D eigenvalue weighted by molar-refractivity contribution is 9.10. The number of nitrogens with two attached hydrogens (primary N) is 1. The van der Waals surface area contributed by atoms with Gasteiger partial charge in [0.2, 0.25) is 0 Å². The van der Waals surface area contributed by atoms with Crippen LogP contribution in [0.15, 0.2) is 53.3 Å². The molecule has 0 radical (unpaired) electrons. The van der Waals surface area contributed by atoms with Crippen LogP contribution >= 0.6 is 15.9 Å². The predicted molar refractivity (Wildman–Crippen MR) is 103 cm³/mol. The van der Waals surface area contributed by atoms with Gasteiger partial charge < -0.3 is 20.2 Å². The lowest BCUT2D eigenvalue weighted by atomic mass is 9.83. The third-order valence-corrected chi connectivity index (χ3v) is 5.31. The largest absolute Gasteiger partial charge is 0.381 e. The lowest BCUT2D eigenvalue weighted by Gasteiger charge is -2.34. The van der Waals surface area contributed by atoms with Crippen molar-refractivity contribution < 1.29 is 4.74 Å². The fraction of sp³-hybridized carbons (Fsp3) is 0.316. The van der Waals surface area contributed by atoms with Crippen LogP contribution in [0.1, 0.15) is 24.1 Å². The molecule has 0 bridgehead atoms. The minimum absolute atomic E-state index is 0.288. The molecule has 130 valence electrons. The van der Waals surface area contributed by atoms with Gasteiger partial charge in [-0.25, -0.2) is 4.98 Å². The number of imidazole rings is 1. The van der Waals surface area contributed by atoms with Gasteiger partial charge in [0.1, 0.15) is 5.65 Å². The van der Waals surface area contributed by atoms with Crippen LogP contribution < -0.4 is 11.1 Å². The number of fused-ring (bicyclic) bond motifs is 1. The van der Waals surface area contributed by atoms with Gasteiger partial charge in [-0.3, -0.25) is 0 Å². The summed E-state index contributed by atoms with van der Waals surface area (Å²) < 4.78 is 8.57. The number of nitrogens with one attached hydrogen (secondary N) is 1. The monoisotopic (exact) mass is 400 g/mol. The second kappa shape index (κ2) is 6.78. The van der Waals surface area contributed by atoms with Crippen molar-refractivity contribution in [1.82, 2.24) is 9.38 Å². The average molecular weight is 401 g/mol. The van der Waals surface area contributed by atoms with E-state index in [1.165, 1.54) is 5.56 Å². The number of benzene rings is 1. The molecule has 1 saturated heterocycles. The molecule has 1 aliphatic heterocycles. The van der Waals surface area contributed by atoms with E-state index in [0.717, 1.165) is 47.6 Å². The van der Waals surface area contributed by atoms with E-state index in [0.29, 0.717) is 6.54 Å². The second-order valence-electron chi connectivity index (χ2n) is 6.53. The molecule has 0 saturated carbocycles. The van der Waals surface area contributed by atoms with Gasteiger partial charge in [0, 0.05) is 35.1 Å². The molecule has 0 unspecified atom stereocenters. The number of halogens is 1. The normalized spacial score (nSPS) is 16.9. The van der Waals surface area contributed by atoms with Crippen molar-refractivity contribution in [1.29, 1.82) is 0 Å². The Morgan fingerprint density at radius 3 is 2.92 bits per heavy atom. The zero-order valence-corrected chi connectivity index (χ0v) is 15.5. The molecular formula is C19H21BrN4O. The standard InChI is InChI=1S/C19H21BrN4O/c20-15-4-5-18-23-12-17(24(18)13-15)11-22-16-3-1-2-14(10-16)19(21)6-8-25-9-7-19/h1-5,10,12-13,22H,6-9,11,21H2. The fourth-order valence-corrected chi connectivity index (χ4v) is 3.63. The first-order chi connectivity index (χ1) is 12.1. The fourth-order valence-electron chi connectivity index (χ4n) is 3.29. The summed E-state index contributed by atoms with van der Waals surface area (Å²) in [5.41, 5.74) is 10.6. The van der Waals surface area contributed by atoms with Crippen molar-refractivity contribution in [2.45, 2.75) is 24.9 Å². The second-order valence-corrected chi connectivity index (χ2v) is 7.44. The Morgan fingerprint density at radius 2 is 2.08 bits per heavy atom. The first kappa shape index (κ1) is 16.6. The van der Waals surface area contributed by atoms with Gasteiger partial charge in [0.25, 0.3) is 0 Å². The molecule has 0 atom stereocenters. The average Bonchev–Trinajstić information content (AvgIpc) is 3.03. The number of aromatic nitrogens is 2. The van der Waals surface area contributed by atoms with Gasteiger partial charge in [-0.15, -0.1) is 0 Å². The van der Waals surface area contributed by atoms with Crippen molar-refractivity contribution in [2.75, 3.05) is 18.5 Å². The molecule has 1 aromatic carbocycles. The molecule has 1 aliphatic rings. The smallest absolute Gasteiger partial charge is 0.137 e. The summed E-state index contributed by atoms with van der Waals surface area (Å²) in [5.74, 6) is 0. The number of rotatable bonds is 4. The Kier molecular flexibility index (Phi) is 4.50. The lowest BCUT2D eigenvalue weighted by Crippen LogP contribution is -2.42. The van der Waals surface area contributed by atoms with Crippen molar-refractivity contribution in [3.63, 3.8) is 0 Å². The number of hydrogen-bond acceptors (Lipinski definition) is 4. The highest BCUT2D eigenvalue weighted by Gasteiger charge is 2.29. The topological polar surface area (TPSA) is 64.6 Å². The Labute approximate surface area is 155 Å². The summed E-state index contributed by atoms with van der Waals surface area (Å²) in [5, 5.41) is 3.49. The highest BCUT2D eigenvalue weighted by Crippen LogP contribution is 2.30. The molecule has 5 nitrogen and oxygen atoms in total. The van der Waals surface area contributed by atoms with E-state index >= 15 is 0 Å². The molecule has 3 heterocycles. The summed E-state index contributed by atoms with van der Waals surface area (Å²) in [7, 11) is 0. The summed E-state index contributed by atoms with van der Waals surface area (Å²) in [4.78, 5) is 4.44. The van der Waals surface area contributed by atoms with Gasteiger partial charge in [-0.2, -0.15) is 0 Å². The molecule has 6 heteroatoms. The molecule has 25 heavy (non-hydrogen) atoms. The number of pyridine rings is 1. The Hall–Kier alpha value is -1.89. The first-order valence-electron chi connectivity index (χ1n) is 8.47. The molecule has 0 aliphatic carbocycles. The maximum absolute atomic E-state index is 6.60. The summed E-state index contributed by atoms with van der Waals surface area (Å²) in [6.45, 7) is 2.15. The van der Waals surface area contributed by atoms with E-state index in [1.54, 1.807) is 0 Å². The first-order valence-corrected chi connectivity index (χ1v) is 9.26. The number of nitrogens with zero attached hydrogens (tertiary/aromatic N) is 2. The van der Waals surface area contributed by atoms with Crippen LogP contribution in [0.25, 0.3) is 5.65 Å². The SMILES string of the molecule is NC1(c2cccc(NCc3cnc4ccc(Br)cn34)c2)CCOCC1. The maximum Gasteiger partial charge on any atom is 0.137 e. The van der Waals surface area contributed by atoms with Crippen LogP contribution in [0.5, 0.6) is 0 Å². The third-order valence-electron chi connectivity index (χ3n) is 4.84. The Morgan fingerprint density at radius 1 is 1.24 bits per heavy atom. The minimum Gasteiger partial charge on any atom is -0.381 e. The van der Waals surface area contributed by atoms with E-state index in [-0.39, 0.29) is 5.54 Å². The van der Waals surface area contributed by atoms with Crippen LogP contribution in [0.3, 0.4) is 0 Å². The summed E-state index contributed by atoms with van der Waals surface area (Å²) in [6.07, 6.45) is 5.66. The van der Waals surface area contributed by atoms with Gasteiger partial charge >= 0.3 is 0 Å². The van der Waals surface area contributed by atoms with Gasteiger partial charge in [0.15, 0.2) is 0 Å². The van der Waals surface area contributed by atoms with E-state index in [1.807, 2.05) is 24.5 Å². The predicted octanol–water partition coefficient (Wildman–Crippen LogP) is 3.67. The maximum atomic E-state index is 6.60. The van der Waals surface area contributed by atoms with E-state index in [9.17, 15) is 0 Å². The van der Waals surface area contributed by atoms with Gasteiger partial charge in [-0.1, -0.05) is 12.1 Å². The number of anilines is 1. The highest BCUT2D eigenvalue weighted by atomic mass is 79.9. The van der Waals surface area contributed by atoms with E-state index < -0.39 is 0 Å². The molecule has 0 spiro atoms. The molecule has 2 aromatic heterocycles. The molecule has 3 aromatic rings. The van der Waals surface area contributed by atoms with Crippen molar-refractivity contribution in [2.24, 2.45) is 5.73 Å². The Bertz CT molecular complexity index is 886. The van der Waals surface area contributed by atoms with Crippen LogP contribution in [0.2, 0.25) is 0 Å². The molecule has 0 amide bonds. The van der Waals surface area contributed by atoms with Crippen molar-refractivity contribution >= 4 is 27.3 Å². The number of hydrogen-bond donors (Lipinski definition) is 2. The minimum atomic E-state index is -0.288. The van der Waals surface area contributed by atoms with Crippen LogP contribution in [-0.2, 0) is 16.8 Å². The molecule has 1 fully saturated rings. The van der Waals surface area contributed by atoms with Crippen LogP contribution in [0.4, 0.5) is 5.69 Å². The molecule has 4 rings (SSSR count). The van der Waals surface area contributed by atoms with Crippen LogP contribution in [0, 0.1) is 0 Å². The Balaban J connectivity index is 1.53. The molecule has 3 N–H and O–H groups in total. The lowest BCUT2D eigenvalue weighted by molar-refractivity contribution is 0.0523. The van der Waals surface area contributed by atoms with Gasteiger partial charge in [0.05, 0.1) is 18.4 Å². The zero-order valence-electron chi connectivity index (χ0n) is 13.9. The summed E-state index contributed by atoms with van der Waals surface area (Å²) in [6, 6.07) is 12.4. The van der Waals surface area contributed by atoms with Crippen LogP contribution in [-0.4, -0.2) is 22.6 Å². The van der Waals surface area contributed by atoms with E-state index in [4.69, 9.17) is 10.5 Å².